The molecule has 0 fully saturated rings. The lowest BCUT2D eigenvalue weighted by molar-refractivity contribution is -0.113. The van der Waals surface area contributed by atoms with Gasteiger partial charge in [-0.15, -0.1) is 11.3 Å². The maximum Gasteiger partial charge on any atom is 0.278 e. The molecule has 0 bridgehead atoms. The Bertz CT molecular complexity index is 1070. The van der Waals surface area contributed by atoms with Gasteiger partial charge < -0.3 is 26.2 Å². The monoisotopic (exact) mass is 472 g/mol. The molecule has 0 saturated heterocycles. The molecule has 1 aromatic carbocycles. The number of nitrogens with two attached hydrogens (primary N) is 1. The number of amides is 1. The number of sulfonamides is 1. The number of likely N-dealkylation sites (N-methyl/N-ethyl adjacent to an activating group) is 1. The fourth-order valence-electron chi connectivity index (χ4n) is 2.40. The average Bonchev–Trinajstić information content (AvgIpc) is 3.17. The number of aliphatic hydroxyl groups is 4. The molecule has 0 spiro atoms. The van der Waals surface area contributed by atoms with Crippen LogP contribution in [0.4, 0.5) is 5.13 Å². The minimum Gasteiger partial charge on any atom is -0.505 e. The smallest absolute Gasteiger partial charge is 0.278 e. The summed E-state index contributed by atoms with van der Waals surface area (Å²) >= 11 is 1.25. The highest BCUT2D eigenvalue weighted by atomic mass is 32.2. The second-order valence-electron chi connectivity index (χ2n) is 6.73. The molecule has 1 aliphatic heterocycles. The molecule has 11 nitrogen and oxygen atoms in total. The van der Waals surface area contributed by atoms with E-state index >= 15 is 0 Å². The van der Waals surface area contributed by atoms with Crippen LogP contribution in [-0.4, -0.2) is 76.4 Å². The summed E-state index contributed by atoms with van der Waals surface area (Å²) in [4.78, 5) is 17.3. The number of carbonyl (C=O) groups excluding carboxylic acids is 1. The molecular weight excluding hydrogens is 448 g/mol. The third kappa shape index (κ3) is 5.20. The maximum absolute atomic E-state index is 12.5. The number of hydrogen-bond acceptors (Lipinski definition) is 10. The van der Waals surface area contributed by atoms with E-state index in [4.69, 9.17) is 21.1 Å². The van der Waals surface area contributed by atoms with Crippen molar-refractivity contribution in [3.05, 3.63) is 46.6 Å². The maximum atomic E-state index is 12.5. The molecule has 0 saturated carbocycles. The van der Waals surface area contributed by atoms with Crippen molar-refractivity contribution in [2.75, 3.05) is 32.2 Å². The second-order valence-corrected chi connectivity index (χ2v) is 9.91. The standard InChI is InChI=1S/C14H13N3O4S2.C4H11NO3/c1-8-7-15-14(22-8)16-13(19)11-12(18)9-5-3-4-6-10(9)23(20,21)17(11)2;5-4(1-6,2-7)3-8/h3-7,18H,1-2H3,(H,15,16,19);6-8H,1-3,5H2. The zero-order chi connectivity index (χ0) is 23.4. The minimum absolute atomic E-state index is 0.0401. The second kappa shape index (κ2) is 9.72. The highest BCUT2D eigenvalue weighted by Crippen LogP contribution is 2.34. The van der Waals surface area contributed by atoms with Gasteiger partial charge in [-0.1, -0.05) is 12.1 Å². The topological polar surface area (TPSA) is 186 Å². The van der Waals surface area contributed by atoms with Gasteiger partial charge in [0.25, 0.3) is 15.9 Å². The molecule has 31 heavy (non-hydrogen) atoms. The first-order valence-electron chi connectivity index (χ1n) is 8.87. The third-order valence-corrected chi connectivity index (χ3v) is 6.96. The van der Waals surface area contributed by atoms with Crippen LogP contribution in [0.1, 0.15) is 10.4 Å². The van der Waals surface area contributed by atoms with Crippen molar-refractivity contribution in [2.24, 2.45) is 5.73 Å². The number of anilines is 1. The molecule has 13 heteroatoms. The highest BCUT2D eigenvalue weighted by Gasteiger charge is 2.37. The van der Waals surface area contributed by atoms with Crippen LogP contribution in [0, 0.1) is 6.92 Å². The number of nitrogens with zero attached hydrogens (tertiary/aromatic N) is 2. The van der Waals surface area contributed by atoms with Crippen LogP contribution >= 0.6 is 11.3 Å². The van der Waals surface area contributed by atoms with Gasteiger partial charge in [0.1, 0.15) is 0 Å². The molecule has 1 aliphatic rings. The fraction of sp³-hybridized carbons (Fsp3) is 0.333. The summed E-state index contributed by atoms with van der Waals surface area (Å²) in [6.07, 6.45) is 1.59. The van der Waals surface area contributed by atoms with Crippen molar-refractivity contribution in [1.82, 2.24) is 9.29 Å². The van der Waals surface area contributed by atoms with Gasteiger partial charge in [-0.05, 0) is 19.1 Å². The minimum atomic E-state index is -3.90. The lowest BCUT2D eigenvalue weighted by Crippen LogP contribution is -2.50. The number of benzene rings is 1. The van der Waals surface area contributed by atoms with Crippen LogP contribution in [-0.2, 0) is 14.8 Å². The Kier molecular flexibility index (Phi) is 7.75. The van der Waals surface area contributed by atoms with E-state index in [0.717, 1.165) is 9.18 Å². The normalized spacial score (nSPS) is 15.1. The van der Waals surface area contributed by atoms with Crippen LogP contribution in [0.25, 0.3) is 5.76 Å². The summed E-state index contributed by atoms with van der Waals surface area (Å²) in [5, 5.41) is 38.2. The summed E-state index contributed by atoms with van der Waals surface area (Å²) in [7, 11) is -2.67. The first-order valence-corrected chi connectivity index (χ1v) is 11.1. The molecule has 7 N–H and O–H groups in total. The molecule has 2 heterocycles. The van der Waals surface area contributed by atoms with Crippen molar-refractivity contribution in [2.45, 2.75) is 17.4 Å². The predicted molar refractivity (Wildman–Crippen MR) is 115 cm³/mol. The van der Waals surface area contributed by atoms with E-state index in [0.29, 0.717) is 5.13 Å². The zero-order valence-electron chi connectivity index (χ0n) is 16.8. The molecular formula is C18H24N4O7S2. The Balaban J connectivity index is 0.000000366. The number of aryl methyl sites for hydroxylation is 1. The average molecular weight is 473 g/mol. The Labute approximate surface area is 183 Å². The van der Waals surface area contributed by atoms with Gasteiger partial charge in [0.15, 0.2) is 16.6 Å². The third-order valence-electron chi connectivity index (χ3n) is 4.32. The quantitative estimate of drug-likeness (QED) is 0.337. The largest absolute Gasteiger partial charge is 0.505 e. The SMILES string of the molecule is Cc1cnc(NC(=O)C2=C(O)c3ccccc3S(=O)(=O)N2C)s1.NC(CO)(CO)CO. The van der Waals surface area contributed by atoms with E-state index in [9.17, 15) is 18.3 Å². The first-order chi connectivity index (χ1) is 14.5. The fourth-order valence-corrected chi connectivity index (χ4v) is 4.46. The van der Waals surface area contributed by atoms with E-state index in [-0.39, 0.29) is 21.9 Å². The molecule has 0 radical (unpaired) electrons. The Hall–Kier alpha value is -2.55. The highest BCUT2D eigenvalue weighted by molar-refractivity contribution is 7.89. The summed E-state index contributed by atoms with van der Waals surface area (Å²) in [6.45, 7) is 0.623. The summed E-state index contributed by atoms with van der Waals surface area (Å²) < 4.78 is 25.8. The van der Waals surface area contributed by atoms with Gasteiger partial charge in [0.2, 0.25) is 0 Å². The molecule has 3 rings (SSSR count). The van der Waals surface area contributed by atoms with Crippen LogP contribution in [0.2, 0.25) is 0 Å². The Morgan fingerprint density at radius 1 is 1.23 bits per heavy atom. The summed E-state index contributed by atoms with van der Waals surface area (Å²) in [5.74, 6) is -1.12. The number of thiazole rings is 1. The lowest BCUT2D eigenvalue weighted by Gasteiger charge is -2.28. The van der Waals surface area contributed by atoms with Crippen molar-refractivity contribution in [3.63, 3.8) is 0 Å². The Morgan fingerprint density at radius 3 is 2.29 bits per heavy atom. The zero-order valence-corrected chi connectivity index (χ0v) is 18.4. The number of aromatic nitrogens is 1. The summed E-state index contributed by atoms with van der Waals surface area (Å²) in [6, 6.07) is 5.99. The van der Waals surface area contributed by atoms with Crippen LogP contribution in [0.15, 0.2) is 41.1 Å². The van der Waals surface area contributed by atoms with E-state index in [1.807, 2.05) is 6.92 Å². The van der Waals surface area contributed by atoms with Gasteiger partial charge >= 0.3 is 0 Å². The number of rotatable bonds is 5. The molecule has 1 aromatic heterocycles. The van der Waals surface area contributed by atoms with Crippen molar-refractivity contribution in [3.8, 4) is 0 Å². The lowest BCUT2D eigenvalue weighted by atomic mass is 10.1. The number of nitrogens with one attached hydrogen (secondary N) is 1. The van der Waals surface area contributed by atoms with Gasteiger partial charge in [0, 0.05) is 23.7 Å². The van der Waals surface area contributed by atoms with Crippen molar-refractivity contribution >= 4 is 38.2 Å². The van der Waals surface area contributed by atoms with Crippen LogP contribution in [0.3, 0.4) is 0 Å². The molecule has 0 unspecified atom stereocenters. The number of aliphatic hydroxyl groups excluding tert-OH is 4. The molecule has 0 aliphatic carbocycles. The molecule has 0 atom stereocenters. The van der Waals surface area contributed by atoms with Crippen LogP contribution < -0.4 is 11.1 Å². The van der Waals surface area contributed by atoms with E-state index in [2.05, 4.69) is 10.3 Å². The van der Waals surface area contributed by atoms with Gasteiger partial charge in [-0.2, -0.15) is 0 Å². The van der Waals surface area contributed by atoms with E-state index < -0.39 is 41.3 Å². The number of hydrogen-bond donors (Lipinski definition) is 6. The summed E-state index contributed by atoms with van der Waals surface area (Å²) in [5.41, 5.74) is 3.70. The molecule has 2 aromatic rings. The van der Waals surface area contributed by atoms with Crippen LogP contribution in [0.5, 0.6) is 0 Å². The van der Waals surface area contributed by atoms with Gasteiger partial charge in [0.05, 0.1) is 30.3 Å². The first kappa shape index (κ1) is 24.7. The van der Waals surface area contributed by atoms with Gasteiger partial charge in [-0.3, -0.25) is 14.4 Å². The predicted octanol–water partition coefficient (Wildman–Crippen LogP) is -0.388. The van der Waals surface area contributed by atoms with Gasteiger partial charge in [-0.25, -0.2) is 13.4 Å². The van der Waals surface area contributed by atoms with E-state index in [1.54, 1.807) is 18.3 Å². The number of carbonyl (C=O) groups is 1. The van der Waals surface area contributed by atoms with E-state index in [1.165, 1.54) is 30.5 Å². The van der Waals surface area contributed by atoms with Crippen molar-refractivity contribution < 1.29 is 33.6 Å². The Morgan fingerprint density at radius 2 is 1.81 bits per heavy atom. The molecule has 1 amide bonds. The van der Waals surface area contributed by atoms with Crippen molar-refractivity contribution in [1.29, 1.82) is 0 Å². The molecule has 170 valence electrons. The number of fused-ring (bicyclic) bond motifs is 1.